The number of carbonyl (C=O) groups is 1. The molecular weight excluding hydrogens is 344 g/mol. The molecule has 0 fully saturated rings. The second-order valence-electron chi connectivity index (χ2n) is 5.30. The summed E-state index contributed by atoms with van der Waals surface area (Å²) in [4.78, 5) is 16.2. The monoisotopic (exact) mass is 356 g/mol. The van der Waals surface area contributed by atoms with Crippen LogP contribution in [-0.2, 0) is 22.6 Å². The molecule has 0 atom stereocenters. The Morgan fingerprint density at radius 2 is 2.24 bits per heavy atom. The normalized spacial score (nSPS) is 11.0. The van der Waals surface area contributed by atoms with E-state index in [1.54, 1.807) is 6.07 Å². The van der Waals surface area contributed by atoms with E-state index in [2.05, 4.69) is 10.1 Å². The fourth-order valence-electron chi connectivity index (χ4n) is 2.38. The summed E-state index contributed by atoms with van der Waals surface area (Å²) < 4.78 is 15.6. The molecule has 1 aromatic carbocycles. The van der Waals surface area contributed by atoms with Crippen LogP contribution in [0, 0.1) is 0 Å². The van der Waals surface area contributed by atoms with Gasteiger partial charge in [-0.1, -0.05) is 5.16 Å². The van der Waals surface area contributed by atoms with E-state index in [1.165, 1.54) is 29.7 Å². The number of rotatable bonds is 5. The van der Waals surface area contributed by atoms with Crippen molar-refractivity contribution >= 4 is 28.3 Å². The zero-order valence-corrected chi connectivity index (χ0v) is 13.7. The first kappa shape index (κ1) is 15.4. The highest BCUT2D eigenvalue weighted by molar-refractivity contribution is 7.08. The number of aromatic nitrogens is 2. The molecule has 7 nitrogen and oxygen atoms in total. The number of ether oxygens (including phenoxy) is 1. The van der Waals surface area contributed by atoms with Crippen LogP contribution in [0.15, 0.2) is 50.2 Å². The number of phenolic OH excluding ortho intramolecular Hbond substituents is 1. The van der Waals surface area contributed by atoms with Crippen LogP contribution in [0.1, 0.15) is 11.5 Å². The van der Waals surface area contributed by atoms with E-state index in [9.17, 15) is 9.90 Å². The molecule has 8 heteroatoms. The molecule has 0 amide bonds. The van der Waals surface area contributed by atoms with Crippen molar-refractivity contribution in [2.24, 2.45) is 0 Å². The maximum Gasteiger partial charge on any atom is 0.310 e. The van der Waals surface area contributed by atoms with Gasteiger partial charge in [0.05, 0.1) is 12.7 Å². The van der Waals surface area contributed by atoms with Gasteiger partial charge in [0.15, 0.2) is 6.61 Å². The number of hydrogen-bond donors (Lipinski definition) is 1. The zero-order chi connectivity index (χ0) is 17.2. The maximum absolute atomic E-state index is 12.0. The van der Waals surface area contributed by atoms with Crippen molar-refractivity contribution < 1.29 is 23.6 Å². The summed E-state index contributed by atoms with van der Waals surface area (Å²) in [6.45, 7) is -0.0907. The Kier molecular flexibility index (Phi) is 3.95. The number of furan rings is 1. The van der Waals surface area contributed by atoms with Gasteiger partial charge in [0.25, 0.3) is 5.89 Å². The van der Waals surface area contributed by atoms with Crippen molar-refractivity contribution in [2.45, 2.75) is 13.0 Å². The predicted octanol–water partition coefficient (Wildman–Crippen LogP) is 3.54. The first-order valence-corrected chi connectivity index (χ1v) is 8.33. The van der Waals surface area contributed by atoms with Crippen molar-refractivity contribution in [3.8, 4) is 17.1 Å². The molecule has 0 saturated heterocycles. The van der Waals surface area contributed by atoms with Crippen LogP contribution in [-0.4, -0.2) is 21.2 Å². The molecule has 0 spiro atoms. The number of esters is 1. The van der Waals surface area contributed by atoms with E-state index in [0.717, 1.165) is 10.9 Å². The fraction of sp³-hybridized carbons (Fsp3) is 0.118. The molecule has 0 radical (unpaired) electrons. The highest BCUT2D eigenvalue weighted by Gasteiger charge is 2.14. The van der Waals surface area contributed by atoms with Crippen LogP contribution in [0.25, 0.3) is 22.4 Å². The Hall–Kier alpha value is -3.13. The maximum atomic E-state index is 12.0. The third kappa shape index (κ3) is 3.24. The molecule has 0 aliphatic rings. The van der Waals surface area contributed by atoms with E-state index in [1.807, 2.05) is 16.8 Å². The SMILES string of the molecule is O=C(Cc1coc2cc(O)ccc12)OCc1nc(-c2ccsc2)no1. The minimum Gasteiger partial charge on any atom is -0.508 e. The summed E-state index contributed by atoms with van der Waals surface area (Å²) in [6, 6.07) is 6.61. The van der Waals surface area contributed by atoms with Gasteiger partial charge in [-0.3, -0.25) is 4.79 Å². The lowest BCUT2D eigenvalue weighted by Gasteiger charge is -2.00. The van der Waals surface area contributed by atoms with Crippen LogP contribution in [0.2, 0.25) is 0 Å². The lowest BCUT2D eigenvalue weighted by molar-refractivity contribution is -0.144. The average Bonchev–Trinajstić information content (AvgIpc) is 3.33. The van der Waals surface area contributed by atoms with Gasteiger partial charge in [-0.05, 0) is 23.6 Å². The van der Waals surface area contributed by atoms with E-state index >= 15 is 0 Å². The molecular formula is C17H12N2O5S. The highest BCUT2D eigenvalue weighted by atomic mass is 32.1. The first-order valence-electron chi connectivity index (χ1n) is 7.39. The van der Waals surface area contributed by atoms with Crippen molar-refractivity contribution in [3.63, 3.8) is 0 Å². The van der Waals surface area contributed by atoms with Crippen LogP contribution >= 0.6 is 11.3 Å². The Labute approximate surface area is 145 Å². The lowest BCUT2D eigenvalue weighted by atomic mass is 10.1. The minimum atomic E-state index is -0.439. The van der Waals surface area contributed by atoms with Crippen molar-refractivity contribution in [3.05, 3.63) is 52.7 Å². The number of benzene rings is 1. The molecule has 4 aromatic rings. The molecule has 4 rings (SSSR count). The number of nitrogens with zero attached hydrogens (tertiary/aromatic N) is 2. The van der Waals surface area contributed by atoms with Gasteiger partial charge in [0.2, 0.25) is 5.82 Å². The van der Waals surface area contributed by atoms with Crippen molar-refractivity contribution in [1.29, 1.82) is 0 Å². The molecule has 0 saturated carbocycles. The van der Waals surface area contributed by atoms with Gasteiger partial charge in [-0.2, -0.15) is 16.3 Å². The molecule has 0 unspecified atom stereocenters. The molecule has 126 valence electrons. The molecule has 3 aromatic heterocycles. The van der Waals surface area contributed by atoms with Gasteiger partial charge in [0.1, 0.15) is 11.3 Å². The summed E-state index contributed by atoms with van der Waals surface area (Å²) in [6.07, 6.45) is 1.52. The number of thiophene rings is 1. The highest BCUT2D eigenvalue weighted by Crippen LogP contribution is 2.25. The van der Waals surface area contributed by atoms with Gasteiger partial charge in [0, 0.05) is 28.0 Å². The van der Waals surface area contributed by atoms with Gasteiger partial charge < -0.3 is 18.8 Å². The summed E-state index contributed by atoms with van der Waals surface area (Å²) in [7, 11) is 0. The molecule has 0 aliphatic carbocycles. The number of phenols is 1. The quantitative estimate of drug-likeness (QED) is 0.546. The average molecular weight is 356 g/mol. The third-order valence-electron chi connectivity index (χ3n) is 3.58. The summed E-state index contributed by atoms with van der Waals surface area (Å²) in [5.74, 6) is 0.365. The minimum absolute atomic E-state index is 0.0449. The van der Waals surface area contributed by atoms with Gasteiger partial charge in [-0.25, -0.2) is 0 Å². The number of hydrogen-bond acceptors (Lipinski definition) is 8. The molecule has 0 bridgehead atoms. The molecule has 1 N–H and O–H groups in total. The van der Waals surface area contributed by atoms with Crippen molar-refractivity contribution in [1.82, 2.24) is 10.1 Å². The van der Waals surface area contributed by atoms with Gasteiger partial charge in [-0.15, -0.1) is 0 Å². The Morgan fingerprint density at radius 1 is 1.32 bits per heavy atom. The van der Waals surface area contributed by atoms with E-state index in [4.69, 9.17) is 13.7 Å². The van der Waals surface area contributed by atoms with E-state index in [-0.39, 0.29) is 24.7 Å². The number of aromatic hydroxyl groups is 1. The zero-order valence-electron chi connectivity index (χ0n) is 12.8. The van der Waals surface area contributed by atoms with E-state index < -0.39 is 5.97 Å². The fourth-order valence-corrected chi connectivity index (χ4v) is 3.01. The molecule has 3 heterocycles. The smallest absolute Gasteiger partial charge is 0.310 e. The second-order valence-corrected chi connectivity index (χ2v) is 6.08. The Bertz CT molecular complexity index is 1020. The van der Waals surface area contributed by atoms with Crippen LogP contribution in [0.4, 0.5) is 0 Å². The van der Waals surface area contributed by atoms with Crippen LogP contribution in [0.3, 0.4) is 0 Å². The molecule has 0 aliphatic heterocycles. The lowest BCUT2D eigenvalue weighted by Crippen LogP contribution is -2.07. The second kappa shape index (κ2) is 6.40. The number of fused-ring (bicyclic) bond motifs is 1. The van der Waals surface area contributed by atoms with Crippen LogP contribution in [0.5, 0.6) is 5.75 Å². The van der Waals surface area contributed by atoms with Crippen molar-refractivity contribution in [2.75, 3.05) is 0 Å². The summed E-state index contributed by atoms with van der Waals surface area (Å²) in [5, 5.41) is 17.9. The Morgan fingerprint density at radius 3 is 3.08 bits per heavy atom. The first-order chi connectivity index (χ1) is 12.2. The summed E-state index contributed by atoms with van der Waals surface area (Å²) >= 11 is 1.53. The summed E-state index contributed by atoms with van der Waals surface area (Å²) in [5.41, 5.74) is 2.06. The third-order valence-corrected chi connectivity index (χ3v) is 4.26. The largest absolute Gasteiger partial charge is 0.508 e. The molecule has 25 heavy (non-hydrogen) atoms. The van der Waals surface area contributed by atoms with Gasteiger partial charge >= 0.3 is 5.97 Å². The Balaban J connectivity index is 1.39. The van der Waals surface area contributed by atoms with E-state index in [0.29, 0.717) is 17.0 Å². The standard InChI is InChI=1S/C17H12N2O5S/c20-12-1-2-13-11(7-22-14(13)6-12)5-16(21)23-8-15-18-17(19-24-15)10-3-4-25-9-10/h1-4,6-7,9,20H,5,8H2. The number of carbonyl (C=O) groups excluding carboxylic acids is 1. The van der Waals surface area contributed by atoms with Crippen LogP contribution < -0.4 is 0 Å². The predicted molar refractivity (Wildman–Crippen MR) is 89.0 cm³/mol. The topological polar surface area (TPSA) is 98.6 Å².